The fourth-order valence-electron chi connectivity index (χ4n) is 2.57. The zero-order chi connectivity index (χ0) is 13.2. The van der Waals surface area contributed by atoms with Gasteiger partial charge in [0, 0.05) is 36.9 Å². The third-order valence-electron chi connectivity index (χ3n) is 3.54. The van der Waals surface area contributed by atoms with Gasteiger partial charge in [-0.3, -0.25) is 4.98 Å². The Hall–Kier alpha value is -1.74. The minimum absolute atomic E-state index is 0.721. The Morgan fingerprint density at radius 1 is 1.32 bits per heavy atom. The van der Waals surface area contributed by atoms with Gasteiger partial charge in [-0.1, -0.05) is 17.7 Å². The van der Waals surface area contributed by atoms with Crippen LogP contribution in [0.1, 0.15) is 17.5 Å². The van der Waals surface area contributed by atoms with Crippen molar-refractivity contribution in [1.29, 1.82) is 0 Å². The number of halogens is 1. The maximum absolute atomic E-state index is 6.19. The van der Waals surface area contributed by atoms with E-state index in [2.05, 4.69) is 22.0 Å². The van der Waals surface area contributed by atoms with Gasteiger partial charge in [0.05, 0.1) is 5.02 Å². The molecule has 0 spiro atoms. The molecule has 1 aliphatic heterocycles. The molecule has 2 heterocycles. The summed E-state index contributed by atoms with van der Waals surface area (Å²) in [5, 5.41) is 0.721. The number of benzene rings is 1. The lowest BCUT2D eigenvalue weighted by Crippen LogP contribution is -2.29. The number of nitrogens with zero attached hydrogens (tertiary/aromatic N) is 2. The maximum Gasteiger partial charge on any atom is 0.0639 e. The van der Waals surface area contributed by atoms with E-state index >= 15 is 0 Å². The van der Waals surface area contributed by atoms with E-state index in [0.29, 0.717) is 0 Å². The Morgan fingerprint density at radius 2 is 2.21 bits per heavy atom. The van der Waals surface area contributed by atoms with E-state index in [0.717, 1.165) is 35.8 Å². The van der Waals surface area contributed by atoms with Gasteiger partial charge in [-0.25, -0.2) is 0 Å². The van der Waals surface area contributed by atoms with Gasteiger partial charge in [0.25, 0.3) is 0 Å². The number of anilines is 2. The van der Waals surface area contributed by atoms with E-state index in [9.17, 15) is 0 Å². The van der Waals surface area contributed by atoms with Crippen LogP contribution in [0.25, 0.3) is 0 Å². The summed E-state index contributed by atoms with van der Waals surface area (Å²) in [6, 6.07) is 8.14. The van der Waals surface area contributed by atoms with Gasteiger partial charge < -0.3 is 10.6 Å². The van der Waals surface area contributed by atoms with Gasteiger partial charge in [0.15, 0.2) is 0 Å². The van der Waals surface area contributed by atoms with Crippen molar-refractivity contribution in [1.82, 2.24) is 4.98 Å². The summed E-state index contributed by atoms with van der Waals surface area (Å²) in [5.74, 6) is 0. The standard InChI is InChI=1S/C15H16ClN3/c16-14-9-18-6-5-12(14)10-19-7-1-2-11-3-4-13(17)8-15(11)19/h3-6,8-9H,1-2,7,10,17H2. The summed E-state index contributed by atoms with van der Waals surface area (Å²) < 4.78 is 0. The molecule has 0 aliphatic carbocycles. The summed E-state index contributed by atoms with van der Waals surface area (Å²) in [6.07, 6.45) is 5.77. The number of nitrogens with two attached hydrogens (primary N) is 1. The van der Waals surface area contributed by atoms with Gasteiger partial charge >= 0.3 is 0 Å². The second-order valence-corrected chi connectivity index (χ2v) is 5.29. The SMILES string of the molecule is Nc1ccc2c(c1)N(Cc1ccncc1Cl)CCC2. The van der Waals surface area contributed by atoms with Crippen LogP contribution in [0.3, 0.4) is 0 Å². The van der Waals surface area contributed by atoms with Crippen LogP contribution in [0.5, 0.6) is 0 Å². The van der Waals surface area contributed by atoms with Crippen LogP contribution >= 0.6 is 11.6 Å². The largest absolute Gasteiger partial charge is 0.399 e. The first-order chi connectivity index (χ1) is 9.24. The molecule has 0 radical (unpaired) electrons. The number of nitrogen functional groups attached to an aromatic ring is 1. The molecule has 0 amide bonds. The highest BCUT2D eigenvalue weighted by Crippen LogP contribution is 2.31. The Morgan fingerprint density at radius 3 is 3.05 bits per heavy atom. The summed E-state index contributed by atoms with van der Waals surface area (Å²) in [5.41, 5.74) is 10.4. The zero-order valence-electron chi connectivity index (χ0n) is 10.6. The Balaban J connectivity index is 1.92. The number of hydrogen-bond donors (Lipinski definition) is 1. The van der Waals surface area contributed by atoms with Gasteiger partial charge in [0.2, 0.25) is 0 Å². The minimum atomic E-state index is 0.721. The van der Waals surface area contributed by atoms with Gasteiger partial charge in [0.1, 0.15) is 0 Å². The first-order valence-corrected chi connectivity index (χ1v) is 6.83. The normalized spacial score (nSPS) is 14.3. The summed E-state index contributed by atoms with van der Waals surface area (Å²) in [4.78, 5) is 6.37. The number of aromatic nitrogens is 1. The first kappa shape index (κ1) is 12.3. The average Bonchev–Trinajstić information content (AvgIpc) is 2.42. The second-order valence-electron chi connectivity index (χ2n) is 4.88. The number of aryl methyl sites for hydroxylation is 1. The lowest BCUT2D eigenvalue weighted by molar-refractivity contribution is 0.691. The van der Waals surface area contributed by atoms with E-state index in [4.69, 9.17) is 17.3 Å². The molecular weight excluding hydrogens is 258 g/mol. The molecule has 2 N–H and O–H groups in total. The van der Waals surface area contributed by atoms with Crippen LogP contribution in [0.4, 0.5) is 11.4 Å². The third-order valence-corrected chi connectivity index (χ3v) is 3.88. The summed E-state index contributed by atoms with van der Waals surface area (Å²) in [6.45, 7) is 1.84. The number of rotatable bonds is 2. The highest BCUT2D eigenvalue weighted by atomic mass is 35.5. The van der Waals surface area contributed by atoms with Gasteiger partial charge in [-0.05, 0) is 42.2 Å². The van der Waals surface area contributed by atoms with Crippen LogP contribution < -0.4 is 10.6 Å². The molecule has 3 rings (SSSR count). The lowest BCUT2D eigenvalue weighted by atomic mass is 10.0. The number of pyridine rings is 1. The molecule has 0 saturated heterocycles. The molecule has 0 saturated carbocycles. The fraction of sp³-hybridized carbons (Fsp3) is 0.267. The molecule has 98 valence electrons. The topological polar surface area (TPSA) is 42.1 Å². The second kappa shape index (κ2) is 5.10. The van der Waals surface area contributed by atoms with Crippen LogP contribution in [-0.2, 0) is 13.0 Å². The van der Waals surface area contributed by atoms with Crippen LogP contribution in [0, 0.1) is 0 Å². The van der Waals surface area contributed by atoms with Crippen LogP contribution in [0.2, 0.25) is 5.02 Å². The average molecular weight is 274 g/mol. The van der Waals surface area contributed by atoms with Crippen molar-refractivity contribution < 1.29 is 0 Å². The first-order valence-electron chi connectivity index (χ1n) is 6.46. The van der Waals surface area contributed by atoms with Gasteiger partial charge in [-0.2, -0.15) is 0 Å². The molecule has 0 fully saturated rings. The van der Waals surface area contributed by atoms with Crippen molar-refractivity contribution in [3.63, 3.8) is 0 Å². The smallest absolute Gasteiger partial charge is 0.0639 e. The minimum Gasteiger partial charge on any atom is -0.399 e. The molecule has 0 atom stereocenters. The maximum atomic E-state index is 6.19. The lowest BCUT2D eigenvalue weighted by Gasteiger charge is -2.31. The molecule has 0 bridgehead atoms. The molecule has 4 heteroatoms. The quantitative estimate of drug-likeness (QED) is 0.854. The van der Waals surface area contributed by atoms with E-state index in [1.165, 1.54) is 17.7 Å². The van der Waals surface area contributed by atoms with Crippen molar-refractivity contribution in [2.45, 2.75) is 19.4 Å². The van der Waals surface area contributed by atoms with Crippen LogP contribution in [0.15, 0.2) is 36.7 Å². The molecule has 0 unspecified atom stereocenters. The predicted molar refractivity (Wildman–Crippen MR) is 79.5 cm³/mol. The number of fused-ring (bicyclic) bond motifs is 1. The Labute approximate surface area is 118 Å². The third kappa shape index (κ3) is 2.51. The van der Waals surface area contributed by atoms with Crippen molar-refractivity contribution in [3.8, 4) is 0 Å². The van der Waals surface area contributed by atoms with E-state index in [1.807, 2.05) is 12.1 Å². The van der Waals surface area contributed by atoms with E-state index in [-0.39, 0.29) is 0 Å². The monoisotopic (exact) mass is 273 g/mol. The Bertz CT molecular complexity index is 598. The van der Waals surface area contributed by atoms with Crippen molar-refractivity contribution in [3.05, 3.63) is 52.8 Å². The van der Waals surface area contributed by atoms with Crippen molar-refractivity contribution >= 4 is 23.0 Å². The van der Waals surface area contributed by atoms with Crippen molar-refractivity contribution in [2.75, 3.05) is 17.2 Å². The van der Waals surface area contributed by atoms with E-state index in [1.54, 1.807) is 12.4 Å². The fourth-order valence-corrected chi connectivity index (χ4v) is 2.75. The van der Waals surface area contributed by atoms with E-state index < -0.39 is 0 Å². The van der Waals surface area contributed by atoms with Gasteiger partial charge in [-0.15, -0.1) is 0 Å². The zero-order valence-corrected chi connectivity index (χ0v) is 11.4. The van der Waals surface area contributed by atoms with Crippen LogP contribution in [-0.4, -0.2) is 11.5 Å². The predicted octanol–water partition coefficient (Wildman–Crippen LogP) is 3.27. The summed E-state index contributed by atoms with van der Waals surface area (Å²) in [7, 11) is 0. The molecule has 1 aliphatic rings. The number of hydrogen-bond acceptors (Lipinski definition) is 3. The highest BCUT2D eigenvalue weighted by molar-refractivity contribution is 6.31. The molecule has 1 aromatic carbocycles. The molecule has 19 heavy (non-hydrogen) atoms. The molecular formula is C15H16ClN3. The molecule has 3 nitrogen and oxygen atoms in total. The Kier molecular flexibility index (Phi) is 3.30. The summed E-state index contributed by atoms with van der Waals surface area (Å²) >= 11 is 6.19. The molecule has 2 aromatic rings. The van der Waals surface area contributed by atoms with Crippen molar-refractivity contribution in [2.24, 2.45) is 0 Å². The molecule has 1 aromatic heterocycles. The highest BCUT2D eigenvalue weighted by Gasteiger charge is 2.17.